The monoisotopic (exact) mass is 302 g/mol. The first kappa shape index (κ1) is 15.4. The molecule has 0 saturated heterocycles. The van der Waals surface area contributed by atoms with Crippen LogP contribution in [0.4, 0.5) is 5.69 Å². The summed E-state index contributed by atoms with van der Waals surface area (Å²) in [7, 11) is 0. The highest BCUT2D eigenvalue weighted by atomic mass is 32.2. The first-order chi connectivity index (χ1) is 10.2. The van der Waals surface area contributed by atoms with Crippen LogP contribution in [0, 0.1) is 4.91 Å². The molecular weight excluding hydrogens is 284 g/mol. The van der Waals surface area contributed by atoms with Gasteiger partial charge in [-0.05, 0) is 36.8 Å². The van der Waals surface area contributed by atoms with Crippen LogP contribution in [0.2, 0.25) is 0 Å². The molecule has 2 N–H and O–H groups in total. The van der Waals surface area contributed by atoms with E-state index in [0.717, 1.165) is 16.2 Å². The normalized spacial score (nSPS) is 11.9. The zero-order valence-electron chi connectivity index (χ0n) is 11.9. The van der Waals surface area contributed by atoms with Gasteiger partial charge >= 0.3 is 0 Å². The molecule has 0 saturated carbocycles. The Morgan fingerprint density at radius 3 is 2.52 bits per heavy atom. The maximum atomic E-state index is 10.7. The van der Waals surface area contributed by atoms with Crippen LogP contribution in [0.5, 0.6) is 5.75 Å². The van der Waals surface area contributed by atoms with Gasteiger partial charge in [0.25, 0.3) is 0 Å². The number of ether oxygens (including phenoxy) is 1. The highest BCUT2D eigenvalue weighted by Crippen LogP contribution is 2.38. The Hall–Kier alpha value is -2.01. The van der Waals surface area contributed by atoms with Crippen molar-refractivity contribution >= 4 is 17.4 Å². The Kier molecular flexibility index (Phi) is 5.63. The molecule has 0 aliphatic carbocycles. The van der Waals surface area contributed by atoms with Gasteiger partial charge in [-0.25, -0.2) is 0 Å². The summed E-state index contributed by atoms with van der Waals surface area (Å²) in [6.07, 6.45) is 0. The Morgan fingerprint density at radius 1 is 1.19 bits per heavy atom. The molecule has 0 aromatic heterocycles. The molecule has 1 atom stereocenters. The van der Waals surface area contributed by atoms with Crippen LogP contribution in [0.3, 0.4) is 0 Å². The molecule has 5 heteroatoms. The molecule has 110 valence electrons. The zero-order valence-corrected chi connectivity index (χ0v) is 12.7. The second-order valence-corrected chi connectivity index (χ2v) is 5.70. The van der Waals surface area contributed by atoms with Crippen LogP contribution in [-0.4, -0.2) is 13.2 Å². The van der Waals surface area contributed by atoms with Gasteiger partial charge < -0.3 is 10.5 Å². The van der Waals surface area contributed by atoms with Crippen LogP contribution >= 0.6 is 11.8 Å². The first-order valence-electron chi connectivity index (χ1n) is 6.77. The van der Waals surface area contributed by atoms with Crippen LogP contribution in [0.25, 0.3) is 0 Å². The minimum Gasteiger partial charge on any atom is -0.494 e. The van der Waals surface area contributed by atoms with Gasteiger partial charge in [-0.3, -0.25) is 0 Å². The van der Waals surface area contributed by atoms with Crippen molar-refractivity contribution in [3.8, 4) is 5.75 Å². The van der Waals surface area contributed by atoms with E-state index in [4.69, 9.17) is 10.5 Å². The third-order valence-corrected chi connectivity index (χ3v) is 4.32. The van der Waals surface area contributed by atoms with Gasteiger partial charge in [0, 0.05) is 10.6 Å². The summed E-state index contributed by atoms with van der Waals surface area (Å²) < 4.78 is 5.43. The summed E-state index contributed by atoms with van der Waals surface area (Å²) in [5.74, 6) is 0.822. The van der Waals surface area contributed by atoms with Gasteiger partial charge in [0.1, 0.15) is 5.75 Å². The Bertz CT molecular complexity index is 587. The number of anilines is 1. The maximum absolute atomic E-state index is 10.7. The standard InChI is InChI=1S/C16H18N2O2S/c1-2-20-13-9-7-12(8-10-13)16(11-18-19)21-15-6-4-3-5-14(15)17/h3-10,16H,2,11,17H2,1H3. The quantitative estimate of drug-likeness (QED) is 0.471. The Morgan fingerprint density at radius 2 is 1.90 bits per heavy atom. The zero-order chi connectivity index (χ0) is 15.1. The number of nitrogens with zero attached hydrogens (tertiary/aromatic N) is 1. The summed E-state index contributed by atoms with van der Waals surface area (Å²) in [6.45, 7) is 2.78. The molecule has 0 bridgehead atoms. The van der Waals surface area contributed by atoms with E-state index in [1.165, 1.54) is 0 Å². The van der Waals surface area contributed by atoms with Crippen LogP contribution in [-0.2, 0) is 0 Å². The van der Waals surface area contributed by atoms with Gasteiger partial charge in [0.05, 0.1) is 18.4 Å². The molecule has 0 radical (unpaired) electrons. The lowest BCUT2D eigenvalue weighted by molar-refractivity contribution is 0.340. The lowest BCUT2D eigenvalue weighted by atomic mass is 10.1. The molecule has 0 heterocycles. The van der Waals surface area contributed by atoms with Crippen molar-refractivity contribution in [1.29, 1.82) is 0 Å². The van der Waals surface area contributed by atoms with Gasteiger partial charge in [-0.2, -0.15) is 4.91 Å². The minimum atomic E-state index is -0.0529. The van der Waals surface area contributed by atoms with Crippen LogP contribution in [0.1, 0.15) is 17.7 Å². The van der Waals surface area contributed by atoms with E-state index in [9.17, 15) is 4.91 Å². The fraction of sp³-hybridized carbons (Fsp3) is 0.250. The second-order valence-electron chi connectivity index (χ2n) is 4.46. The Labute approximate surface area is 128 Å². The third-order valence-electron chi connectivity index (χ3n) is 2.99. The minimum absolute atomic E-state index is 0.0529. The number of para-hydroxylation sites is 1. The second kappa shape index (κ2) is 7.69. The number of benzene rings is 2. The number of nitroso groups, excluding NO2 is 1. The summed E-state index contributed by atoms with van der Waals surface area (Å²) in [5, 5.41) is 3.00. The van der Waals surface area contributed by atoms with E-state index in [0.29, 0.717) is 12.3 Å². The van der Waals surface area contributed by atoms with Crippen molar-refractivity contribution in [3.63, 3.8) is 0 Å². The number of rotatable bonds is 7. The summed E-state index contributed by atoms with van der Waals surface area (Å²) in [4.78, 5) is 11.7. The number of thioether (sulfide) groups is 1. The van der Waals surface area contributed by atoms with Crippen molar-refractivity contribution in [2.24, 2.45) is 5.18 Å². The predicted octanol–water partition coefficient (Wildman–Crippen LogP) is 4.27. The summed E-state index contributed by atoms with van der Waals surface area (Å²) in [5.41, 5.74) is 7.70. The predicted molar refractivity (Wildman–Crippen MR) is 87.7 cm³/mol. The molecule has 2 aromatic rings. The molecule has 0 amide bonds. The molecule has 0 spiro atoms. The largest absolute Gasteiger partial charge is 0.494 e. The van der Waals surface area contributed by atoms with Crippen molar-refractivity contribution in [3.05, 3.63) is 59.0 Å². The fourth-order valence-electron chi connectivity index (χ4n) is 1.96. The highest BCUT2D eigenvalue weighted by Gasteiger charge is 2.15. The smallest absolute Gasteiger partial charge is 0.119 e. The maximum Gasteiger partial charge on any atom is 0.119 e. The van der Waals surface area contributed by atoms with Gasteiger partial charge in [-0.15, -0.1) is 11.8 Å². The lowest BCUT2D eigenvalue weighted by Gasteiger charge is -2.15. The SMILES string of the molecule is CCOc1ccc(C(CN=O)Sc2ccccc2N)cc1. The third kappa shape index (κ3) is 4.23. The van der Waals surface area contributed by atoms with E-state index in [2.05, 4.69) is 5.18 Å². The van der Waals surface area contributed by atoms with E-state index in [1.54, 1.807) is 11.8 Å². The fourth-order valence-corrected chi connectivity index (χ4v) is 3.06. The molecule has 2 rings (SSSR count). The number of nitrogens with two attached hydrogens (primary N) is 1. The average molecular weight is 302 g/mol. The lowest BCUT2D eigenvalue weighted by Crippen LogP contribution is -2.00. The topological polar surface area (TPSA) is 64.7 Å². The molecule has 2 aromatic carbocycles. The first-order valence-corrected chi connectivity index (χ1v) is 7.65. The molecule has 21 heavy (non-hydrogen) atoms. The molecule has 4 nitrogen and oxygen atoms in total. The van der Waals surface area contributed by atoms with Gasteiger partial charge in [0.15, 0.2) is 0 Å². The molecule has 1 unspecified atom stereocenters. The van der Waals surface area contributed by atoms with E-state index in [1.807, 2.05) is 55.5 Å². The van der Waals surface area contributed by atoms with E-state index in [-0.39, 0.29) is 11.8 Å². The van der Waals surface area contributed by atoms with Crippen LogP contribution in [0.15, 0.2) is 58.6 Å². The van der Waals surface area contributed by atoms with Crippen molar-refractivity contribution < 1.29 is 4.74 Å². The van der Waals surface area contributed by atoms with Gasteiger partial charge in [0.2, 0.25) is 0 Å². The van der Waals surface area contributed by atoms with Crippen molar-refractivity contribution in [2.75, 3.05) is 18.9 Å². The number of nitrogen functional groups attached to an aromatic ring is 1. The summed E-state index contributed by atoms with van der Waals surface area (Å²) >= 11 is 1.55. The van der Waals surface area contributed by atoms with Crippen molar-refractivity contribution in [2.45, 2.75) is 17.1 Å². The number of hydrogen-bond acceptors (Lipinski definition) is 5. The van der Waals surface area contributed by atoms with Crippen molar-refractivity contribution in [1.82, 2.24) is 0 Å². The van der Waals surface area contributed by atoms with Gasteiger partial charge in [-0.1, -0.05) is 29.4 Å². The summed E-state index contributed by atoms with van der Waals surface area (Å²) in [6, 6.07) is 15.4. The average Bonchev–Trinajstić information content (AvgIpc) is 2.50. The molecule has 0 aliphatic rings. The molecular formula is C16H18N2O2S. The van der Waals surface area contributed by atoms with E-state index >= 15 is 0 Å². The van der Waals surface area contributed by atoms with E-state index < -0.39 is 0 Å². The molecule has 0 aliphatic heterocycles. The van der Waals surface area contributed by atoms with Crippen LogP contribution < -0.4 is 10.5 Å². The Balaban J connectivity index is 2.18. The number of hydrogen-bond donors (Lipinski definition) is 1. The molecule has 0 fully saturated rings. The highest BCUT2D eigenvalue weighted by molar-refractivity contribution is 7.99.